The molecule has 4 aromatic rings. The van der Waals surface area contributed by atoms with Gasteiger partial charge in [0.05, 0.1) is 12.3 Å². The minimum atomic E-state index is 0.118. The van der Waals surface area contributed by atoms with Crippen molar-refractivity contribution in [3.05, 3.63) is 77.9 Å². The lowest BCUT2D eigenvalue weighted by Gasteiger charge is -2.19. The lowest BCUT2D eigenvalue weighted by atomic mass is 9.87. The molecule has 0 bridgehead atoms. The van der Waals surface area contributed by atoms with Gasteiger partial charge in [0.25, 0.3) is 0 Å². The van der Waals surface area contributed by atoms with Crippen LogP contribution in [0.2, 0.25) is 0 Å². The molecule has 0 radical (unpaired) electrons. The van der Waals surface area contributed by atoms with Crippen molar-refractivity contribution in [3.8, 4) is 11.4 Å². The van der Waals surface area contributed by atoms with Gasteiger partial charge in [-0.05, 0) is 16.5 Å². The van der Waals surface area contributed by atoms with Crippen LogP contribution in [0.3, 0.4) is 0 Å². The van der Waals surface area contributed by atoms with Gasteiger partial charge in [-0.15, -0.1) is 10.2 Å². The molecule has 0 saturated carbocycles. The zero-order chi connectivity index (χ0) is 21.1. The van der Waals surface area contributed by atoms with E-state index in [9.17, 15) is 0 Å². The molecule has 0 spiro atoms. The van der Waals surface area contributed by atoms with Crippen molar-refractivity contribution in [2.75, 3.05) is 0 Å². The van der Waals surface area contributed by atoms with Crippen molar-refractivity contribution < 1.29 is 0 Å². The van der Waals surface area contributed by atoms with E-state index < -0.39 is 0 Å². The average Bonchev–Trinajstić information content (AvgIpc) is 3.32. The van der Waals surface area contributed by atoms with E-state index in [-0.39, 0.29) is 5.41 Å². The van der Waals surface area contributed by atoms with Crippen molar-refractivity contribution in [2.24, 2.45) is 7.05 Å². The van der Waals surface area contributed by atoms with Crippen molar-refractivity contribution in [3.63, 3.8) is 0 Å². The minimum absolute atomic E-state index is 0.118. The summed E-state index contributed by atoms with van der Waals surface area (Å²) in [4.78, 5) is 4.32. The molecular formula is C23H26N6S. The number of benzene rings is 2. The first-order valence-electron chi connectivity index (χ1n) is 9.95. The van der Waals surface area contributed by atoms with Crippen LogP contribution in [0, 0.1) is 0 Å². The molecule has 0 unspecified atom stereocenters. The lowest BCUT2D eigenvalue weighted by Crippen LogP contribution is -2.10. The predicted octanol–water partition coefficient (Wildman–Crippen LogP) is 4.71. The fraction of sp³-hybridized carbons (Fsp3) is 0.304. The minimum Gasteiger partial charge on any atom is -0.298 e. The fourth-order valence-corrected chi connectivity index (χ4v) is 4.14. The first-order chi connectivity index (χ1) is 14.4. The largest absolute Gasteiger partial charge is 0.298 e. The van der Waals surface area contributed by atoms with Crippen LogP contribution in [-0.4, -0.2) is 29.5 Å². The molecule has 0 atom stereocenters. The molecule has 0 aliphatic heterocycles. The molecule has 4 rings (SSSR count). The van der Waals surface area contributed by atoms with Crippen molar-refractivity contribution in [1.82, 2.24) is 29.5 Å². The molecule has 0 amide bonds. The average molecular weight is 419 g/mol. The molecule has 0 aliphatic carbocycles. The second-order valence-corrected chi connectivity index (χ2v) is 9.24. The summed E-state index contributed by atoms with van der Waals surface area (Å²) >= 11 is 1.63. The molecule has 0 saturated heterocycles. The summed E-state index contributed by atoms with van der Waals surface area (Å²) in [5, 5.41) is 14.1. The first-order valence-corrected chi connectivity index (χ1v) is 10.9. The van der Waals surface area contributed by atoms with Crippen LogP contribution >= 0.6 is 11.8 Å². The third kappa shape index (κ3) is 4.46. The maximum Gasteiger partial charge on any atom is 0.192 e. The molecule has 2 aromatic heterocycles. The molecule has 0 fully saturated rings. The van der Waals surface area contributed by atoms with Crippen LogP contribution in [-0.2, 0) is 24.8 Å². The summed E-state index contributed by atoms with van der Waals surface area (Å²) in [6.45, 7) is 7.38. The van der Waals surface area contributed by atoms with Crippen LogP contribution in [0.15, 0.2) is 66.1 Å². The van der Waals surface area contributed by atoms with Crippen LogP contribution in [0.25, 0.3) is 11.4 Å². The topological polar surface area (TPSA) is 61.4 Å². The Labute approximate surface area is 181 Å². The number of thioether (sulfide) groups is 1. The van der Waals surface area contributed by atoms with Crippen LogP contribution < -0.4 is 0 Å². The highest BCUT2D eigenvalue weighted by molar-refractivity contribution is 7.98. The summed E-state index contributed by atoms with van der Waals surface area (Å²) < 4.78 is 3.97. The summed E-state index contributed by atoms with van der Waals surface area (Å²) in [6.07, 6.45) is 1.58. The van der Waals surface area contributed by atoms with Gasteiger partial charge < -0.3 is 0 Å². The third-order valence-corrected chi connectivity index (χ3v) is 6.01. The number of aromatic nitrogens is 6. The summed E-state index contributed by atoms with van der Waals surface area (Å²) in [5.74, 6) is 2.47. The van der Waals surface area contributed by atoms with Gasteiger partial charge in [0.15, 0.2) is 11.0 Å². The molecule has 2 aromatic carbocycles. The lowest BCUT2D eigenvalue weighted by molar-refractivity contribution is 0.590. The highest BCUT2D eigenvalue weighted by atomic mass is 32.2. The number of hydrogen-bond donors (Lipinski definition) is 0. The van der Waals surface area contributed by atoms with E-state index in [1.807, 2.05) is 13.1 Å². The van der Waals surface area contributed by atoms with E-state index in [0.29, 0.717) is 12.3 Å². The Hall–Kier alpha value is -2.93. The smallest absolute Gasteiger partial charge is 0.192 e. The number of rotatable bonds is 6. The van der Waals surface area contributed by atoms with Crippen molar-refractivity contribution >= 4 is 11.8 Å². The Kier molecular flexibility index (Phi) is 5.72. The van der Waals surface area contributed by atoms with Crippen LogP contribution in [0.1, 0.15) is 37.7 Å². The second kappa shape index (κ2) is 8.44. The molecule has 154 valence electrons. The van der Waals surface area contributed by atoms with E-state index in [2.05, 4.69) is 94.1 Å². The maximum absolute atomic E-state index is 4.55. The van der Waals surface area contributed by atoms with Crippen LogP contribution in [0.5, 0.6) is 0 Å². The Morgan fingerprint density at radius 2 is 1.67 bits per heavy atom. The van der Waals surface area contributed by atoms with E-state index >= 15 is 0 Å². The standard InChI is InChI=1S/C23H26N6S/c1-23(2,3)19-12-10-18(11-13-19)21-26-27-22(30-15-20-24-16-25-28(20)4)29(21)14-17-8-6-5-7-9-17/h5-13,16H,14-15H2,1-4H3. The van der Waals surface area contributed by atoms with Crippen LogP contribution in [0.4, 0.5) is 0 Å². The molecule has 30 heavy (non-hydrogen) atoms. The summed E-state index contributed by atoms with van der Waals surface area (Å²) in [5.41, 5.74) is 3.70. The summed E-state index contributed by atoms with van der Waals surface area (Å²) in [7, 11) is 1.90. The molecule has 6 nitrogen and oxygen atoms in total. The van der Waals surface area contributed by atoms with Gasteiger partial charge >= 0.3 is 0 Å². The number of hydrogen-bond acceptors (Lipinski definition) is 5. The third-order valence-electron chi connectivity index (χ3n) is 5.04. The Bertz CT molecular complexity index is 1110. The van der Waals surface area contributed by atoms with E-state index in [1.165, 1.54) is 11.1 Å². The normalized spacial score (nSPS) is 11.7. The van der Waals surface area contributed by atoms with E-state index in [4.69, 9.17) is 0 Å². The number of aryl methyl sites for hydroxylation is 1. The molecular weight excluding hydrogens is 392 g/mol. The van der Waals surface area contributed by atoms with E-state index in [1.54, 1.807) is 22.8 Å². The van der Waals surface area contributed by atoms with Crippen molar-refractivity contribution in [2.45, 2.75) is 43.6 Å². The Morgan fingerprint density at radius 3 is 2.30 bits per heavy atom. The number of nitrogens with zero attached hydrogens (tertiary/aromatic N) is 6. The molecule has 0 aliphatic rings. The van der Waals surface area contributed by atoms with Gasteiger partial charge in [-0.1, -0.05) is 87.1 Å². The Balaban J connectivity index is 1.67. The highest BCUT2D eigenvalue weighted by Gasteiger charge is 2.18. The van der Waals surface area contributed by atoms with Gasteiger partial charge in [-0.3, -0.25) is 9.25 Å². The monoisotopic (exact) mass is 418 g/mol. The van der Waals surface area contributed by atoms with Crippen molar-refractivity contribution in [1.29, 1.82) is 0 Å². The highest BCUT2D eigenvalue weighted by Crippen LogP contribution is 2.29. The molecule has 2 heterocycles. The van der Waals surface area contributed by atoms with E-state index in [0.717, 1.165) is 22.4 Å². The first kappa shape index (κ1) is 20.3. The fourth-order valence-electron chi connectivity index (χ4n) is 3.22. The zero-order valence-corrected chi connectivity index (χ0v) is 18.6. The maximum atomic E-state index is 4.55. The van der Waals surface area contributed by atoms with Gasteiger partial charge in [0.1, 0.15) is 12.2 Å². The quantitative estimate of drug-likeness (QED) is 0.424. The molecule has 7 heteroatoms. The van der Waals surface area contributed by atoms with Gasteiger partial charge in [0, 0.05) is 12.6 Å². The van der Waals surface area contributed by atoms with Gasteiger partial charge in [0.2, 0.25) is 0 Å². The van der Waals surface area contributed by atoms with Gasteiger partial charge in [-0.2, -0.15) is 5.10 Å². The zero-order valence-electron chi connectivity index (χ0n) is 17.8. The second-order valence-electron chi connectivity index (χ2n) is 8.29. The molecule has 0 N–H and O–H groups in total. The SMILES string of the molecule is Cn1ncnc1CSc1nnc(-c2ccc(C(C)(C)C)cc2)n1Cc1ccccc1. The Morgan fingerprint density at radius 1 is 0.933 bits per heavy atom. The van der Waals surface area contributed by atoms with Gasteiger partial charge in [-0.25, -0.2) is 4.98 Å². The summed E-state index contributed by atoms with van der Waals surface area (Å²) in [6, 6.07) is 19.1. The predicted molar refractivity (Wildman–Crippen MR) is 120 cm³/mol.